The third-order valence-corrected chi connectivity index (χ3v) is 5.00. The topological polar surface area (TPSA) is 43.2 Å². The average molecular weight is 306 g/mol. The highest BCUT2D eigenvalue weighted by atomic mass is 32.1. The lowest BCUT2D eigenvalue weighted by molar-refractivity contribution is 0.00698. The third-order valence-electron chi connectivity index (χ3n) is 4.14. The largest absolute Gasteiger partial charge is 0.367 e. The molecule has 1 aliphatic rings. The molecule has 1 saturated heterocycles. The van der Waals surface area contributed by atoms with E-state index in [9.17, 15) is 0 Å². The summed E-state index contributed by atoms with van der Waals surface area (Å²) in [7, 11) is 2.04. The van der Waals surface area contributed by atoms with Gasteiger partial charge in [-0.05, 0) is 38.1 Å². The van der Waals surface area contributed by atoms with Crippen LogP contribution < -0.4 is 4.90 Å². The van der Waals surface area contributed by atoms with Gasteiger partial charge in [0.25, 0.3) is 0 Å². The maximum absolute atomic E-state index is 5.90. The van der Waals surface area contributed by atoms with Crippen molar-refractivity contribution in [1.82, 2.24) is 14.8 Å². The highest BCUT2D eigenvalue weighted by Crippen LogP contribution is 2.35. The number of nitrogens with zero attached hydrogens (tertiary/aromatic N) is 4. The van der Waals surface area contributed by atoms with Gasteiger partial charge in [0.05, 0.1) is 6.54 Å². The number of rotatable bonds is 5. The fourth-order valence-electron chi connectivity index (χ4n) is 2.93. The molecule has 1 unspecified atom stereocenters. The Labute approximate surface area is 129 Å². The van der Waals surface area contributed by atoms with Crippen molar-refractivity contribution < 1.29 is 4.74 Å². The van der Waals surface area contributed by atoms with Crippen LogP contribution in [-0.2, 0) is 23.9 Å². The first-order valence-corrected chi connectivity index (χ1v) is 8.33. The Balaban J connectivity index is 1.86. The second kappa shape index (κ2) is 5.77. The number of hydrogen-bond acceptors (Lipinski definition) is 5. The molecule has 1 aliphatic heterocycles. The van der Waals surface area contributed by atoms with Crippen molar-refractivity contribution in [2.24, 2.45) is 7.05 Å². The van der Waals surface area contributed by atoms with Crippen LogP contribution in [0, 0.1) is 0 Å². The third kappa shape index (κ3) is 2.70. The first-order valence-electron chi connectivity index (χ1n) is 7.45. The molecular formula is C15H22N4OS. The maximum Gasteiger partial charge on any atom is 0.227 e. The molecule has 2 aromatic heterocycles. The predicted molar refractivity (Wildman–Crippen MR) is 84.6 cm³/mol. The Morgan fingerprint density at radius 1 is 1.48 bits per heavy atom. The predicted octanol–water partition coefficient (Wildman–Crippen LogP) is 2.93. The highest BCUT2D eigenvalue weighted by Gasteiger charge is 2.37. The Morgan fingerprint density at radius 3 is 2.95 bits per heavy atom. The lowest BCUT2D eigenvalue weighted by atomic mass is 10.0. The van der Waals surface area contributed by atoms with Crippen LogP contribution in [0.3, 0.4) is 0 Å². The Morgan fingerprint density at radius 2 is 2.33 bits per heavy atom. The van der Waals surface area contributed by atoms with Gasteiger partial charge in [-0.15, -0.1) is 21.5 Å². The molecule has 0 aliphatic carbocycles. The molecule has 1 fully saturated rings. The van der Waals surface area contributed by atoms with E-state index < -0.39 is 0 Å². The molecule has 3 rings (SSSR count). The zero-order valence-corrected chi connectivity index (χ0v) is 13.7. The van der Waals surface area contributed by atoms with Crippen LogP contribution >= 0.6 is 11.3 Å². The zero-order valence-electron chi connectivity index (χ0n) is 12.9. The van der Waals surface area contributed by atoms with Gasteiger partial charge in [0, 0.05) is 25.1 Å². The van der Waals surface area contributed by atoms with Gasteiger partial charge in [0.1, 0.15) is 5.60 Å². The lowest BCUT2D eigenvalue weighted by Crippen LogP contribution is -2.28. The van der Waals surface area contributed by atoms with Gasteiger partial charge in [0.15, 0.2) is 5.82 Å². The normalized spacial score (nSPS) is 21.9. The van der Waals surface area contributed by atoms with Gasteiger partial charge < -0.3 is 9.64 Å². The molecule has 114 valence electrons. The molecule has 21 heavy (non-hydrogen) atoms. The molecule has 5 nitrogen and oxygen atoms in total. The molecule has 0 N–H and O–H groups in total. The summed E-state index contributed by atoms with van der Waals surface area (Å²) in [6.45, 7) is 6.85. The lowest BCUT2D eigenvalue weighted by Gasteiger charge is -2.24. The summed E-state index contributed by atoms with van der Waals surface area (Å²) in [6, 6.07) is 4.25. The molecule has 0 amide bonds. The van der Waals surface area contributed by atoms with Gasteiger partial charge in [-0.1, -0.05) is 6.07 Å². The van der Waals surface area contributed by atoms with E-state index in [1.54, 1.807) is 11.3 Å². The molecule has 0 spiro atoms. The van der Waals surface area contributed by atoms with Crippen LogP contribution in [0.4, 0.5) is 5.95 Å². The van der Waals surface area contributed by atoms with Crippen LogP contribution in [0.2, 0.25) is 0 Å². The standard InChI is InChI=1S/C15H22N4OS/c1-4-19(11-12-7-5-10-21-12)14-17-16-13(18(14)3)15(2)8-6-9-20-15/h5,7,10H,4,6,8-9,11H2,1-3H3. The minimum absolute atomic E-state index is 0.289. The molecule has 2 aromatic rings. The molecular weight excluding hydrogens is 284 g/mol. The fourth-order valence-corrected chi connectivity index (χ4v) is 3.65. The van der Waals surface area contributed by atoms with Crippen molar-refractivity contribution >= 4 is 17.3 Å². The van der Waals surface area contributed by atoms with Gasteiger partial charge in [-0.25, -0.2) is 0 Å². The molecule has 6 heteroatoms. The van der Waals surface area contributed by atoms with Gasteiger partial charge >= 0.3 is 0 Å². The van der Waals surface area contributed by atoms with E-state index in [4.69, 9.17) is 4.74 Å². The summed E-state index contributed by atoms with van der Waals surface area (Å²) >= 11 is 1.77. The number of hydrogen-bond donors (Lipinski definition) is 0. The van der Waals surface area contributed by atoms with Crippen molar-refractivity contribution in [3.05, 3.63) is 28.2 Å². The smallest absolute Gasteiger partial charge is 0.227 e. The van der Waals surface area contributed by atoms with Crippen molar-refractivity contribution in [3.8, 4) is 0 Å². The van der Waals surface area contributed by atoms with E-state index >= 15 is 0 Å². The fraction of sp³-hybridized carbons (Fsp3) is 0.600. The summed E-state index contributed by atoms with van der Waals surface area (Å²) < 4.78 is 7.99. The summed E-state index contributed by atoms with van der Waals surface area (Å²) in [5.74, 6) is 1.84. The van der Waals surface area contributed by atoms with E-state index in [1.807, 2.05) is 7.05 Å². The zero-order chi connectivity index (χ0) is 14.9. The van der Waals surface area contributed by atoms with Crippen molar-refractivity contribution in [2.75, 3.05) is 18.1 Å². The number of thiophene rings is 1. The molecule has 0 bridgehead atoms. The molecule has 3 heterocycles. The van der Waals surface area contributed by atoms with E-state index in [0.717, 1.165) is 44.3 Å². The highest BCUT2D eigenvalue weighted by molar-refractivity contribution is 7.09. The summed E-state index contributed by atoms with van der Waals surface area (Å²) in [6.07, 6.45) is 2.10. The van der Waals surface area contributed by atoms with Gasteiger partial charge in [-0.3, -0.25) is 4.57 Å². The van der Waals surface area contributed by atoms with Crippen molar-refractivity contribution in [1.29, 1.82) is 0 Å². The minimum Gasteiger partial charge on any atom is -0.367 e. The van der Waals surface area contributed by atoms with Crippen LogP contribution in [0.25, 0.3) is 0 Å². The summed E-state index contributed by atoms with van der Waals surface area (Å²) in [5.41, 5.74) is -0.289. The van der Waals surface area contributed by atoms with Crippen molar-refractivity contribution in [2.45, 2.75) is 38.8 Å². The Bertz CT molecular complexity index is 587. The van der Waals surface area contributed by atoms with E-state index in [2.05, 4.69) is 51.0 Å². The molecule has 1 atom stereocenters. The van der Waals surface area contributed by atoms with Crippen LogP contribution in [0.1, 0.15) is 37.4 Å². The Kier molecular flexibility index (Phi) is 3.99. The SMILES string of the molecule is CCN(Cc1cccs1)c1nnc(C2(C)CCCO2)n1C. The summed E-state index contributed by atoms with van der Waals surface area (Å²) in [4.78, 5) is 3.59. The Hall–Kier alpha value is -1.40. The van der Waals surface area contributed by atoms with E-state index in [-0.39, 0.29) is 5.60 Å². The second-order valence-corrected chi connectivity index (χ2v) is 6.69. The van der Waals surface area contributed by atoms with Gasteiger partial charge in [0.2, 0.25) is 5.95 Å². The van der Waals surface area contributed by atoms with Gasteiger partial charge in [-0.2, -0.15) is 0 Å². The monoisotopic (exact) mass is 306 g/mol. The summed E-state index contributed by atoms with van der Waals surface area (Å²) in [5, 5.41) is 10.9. The van der Waals surface area contributed by atoms with E-state index in [0.29, 0.717) is 0 Å². The van der Waals surface area contributed by atoms with Crippen LogP contribution in [-0.4, -0.2) is 27.9 Å². The quantitative estimate of drug-likeness (QED) is 0.852. The average Bonchev–Trinajstić information content (AvgIpc) is 3.18. The maximum atomic E-state index is 5.90. The number of anilines is 1. The van der Waals surface area contributed by atoms with Crippen molar-refractivity contribution in [3.63, 3.8) is 0 Å². The minimum atomic E-state index is -0.289. The molecule has 0 radical (unpaired) electrons. The molecule has 0 aromatic carbocycles. The van der Waals surface area contributed by atoms with E-state index in [1.165, 1.54) is 4.88 Å². The second-order valence-electron chi connectivity index (χ2n) is 5.66. The molecule has 0 saturated carbocycles. The van der Waals surface area contributed by atoms with Crippen LogP contribution in [0.15, 0.2) is 17.5 Å². The first-order chi connectivity index (χ1) is 10.1. The van der Waals surface area contributed by atoms with Crippen LogP contribution in [0.5, 0.6) is 0 Å². The number of ether oxygens (including phenoxy) is 1. The number of aromatic nitrogens is 3. The first kappa shape index (κ1) is 14.5.